The van der Waals surface area contributed by atoms with Gasteiger partial charge in [-0.05, 0) is 37.1 Å². The van der Waals surface area contributed by atoms with Crippen LogP contribution in [-0.2, 0) is 16.1 Å². The first kappa shape index (κ1) is 21.2. The first-order chi connectivity index (χ1) is 14.5. The topological polar surface area (TPSA) is 94.6 Å². The highest BCUT2D eigenvalue weighted by atomic mass is 32.1. The number of esters is 2. The van der Waals surface area contributed by atoms with Crippen molar-refractivity contribution in [3.05, 3.63) is 82.0 Å². The number of hydrogen-bond donors (Lipinski definition) is 1. The molecule has 0 saturated carbocycles. The van der Waals surface area contributed by atoms with Gasteiger partial charge >= 0.3 is 11.9 Å². The van der Waals surface area contributed by atoms with Crippen molar-refractivity contribution < 1.29 is 23.9 Å². The van der Waals surface area contributed by atoms with Crippen LogP contribution >= 0.6 is 11.3 Å². The van der Waals surface area contributed by atoms with Gasteiger partial charge in [0, 0.05) is 12.4 Å². The van der Waals surface area contributed by atoms with Crippen LogP contribution in [0.25, 0.3) is 0 Å². The molecule has 3 rings (SSSR count). The van der Waals surface area contributed by atoms with Crippen LogP contribution < -0.4 is 5.32 Å². The van der Waals surface area contributed by atoms with E-state index in [-0.39, 0.29) is 28.7 Å². The monoisotopic (exact) mass is 424 g/mol. The lowest BCUT2D eigenvalue weighted by Crippen LogP contribution is -2.15. The zero-order chi connectivity index (χ0) is 21.5. The summed E-state index contributed by atoms with van der Waals surface area (Å²) in [5.41, 5.74) is 1.71. The predicted molar refractivity (Wildman–Crippen MR) is 113 cm³/mol. The van der Waals surface area contributed by atoms with Crippen LogP contribution in [0.2, 0.25) is 0 Å². The number of pyridine rings is 1. The number of carbonyl (C=O) groups is 3. The molecule has 0 saturated heterocycles. The molecule has 0 radical (unpaired) electrons. The molecule has 154 valence electrons. The lowest BCUT2D eigenvalue weighted by Gasteiger charge is -2.07. The van der Waals surface area contributed by atoms with Crippen molar-refractivity contribution in [1.82, 2.24) is 4.98 Å². The van der Waals surface area contributed by atoms with Crippen molar-refractivity contribution in [3.63, 3.8) is 0 Å². The molecular formula is C22H20N2O5S. The Labute approximate surface area is 177 Å². The molecule has 0 fully saturated rings. The highest BCUT2D eigenvalue weighted by molar-refractivity contribution is 7.18. The van der Waals surface area contributed by atoms with Crippen LogP contribution in [0.15, 0.2) is 54.9 Å². The maximum absolute atomic E-state index is 12.7. The fourth-order valence-electron chi connectivity index (χ4n) is 2.71. The van der Waals surface area contributed by atoms with Crippen molar-refractivity contribution in [2.75, 3.05) is 11.9 Å². The Bertz CT molecular complexity index is 1050. The smallest absolute Gasteiger partial charge is 0.349 e. The first-order valence-corrected chi connectivity index (χ1v) is 10.1. The lowest BCUT2D eigenvalue weighted by molar-refractivity contribution is 0.0477. The molecule has 0 unspecified atom stereocenters. The number of ether oxygens (including phenoxy) is 2. The maximum Gasteiger partial charge on any atom is 0.349 e. The largest absolute Gasteiger partial charge is 0.462 e. The van der Waals surface area contributed by atoms with E-state index in [1.54, 1.807) is 32.2 Å². The fraction of sp³-hybridized carbons (Fsp3) is 0.182. The molecule has 1 amide bonds. The van der Waals surface area contributed by atoms with Crippen molar-refractivity contribution in [1.29, 1.82) is 0 Å². The number of rotatable bonds is 7. The molecule has 3 aromatic rings. The Morgan fingerprint density at radius 1 is 1.03 bits per heavy atom. The van der Waals surface area contributed by atoms with Crippen LogP contribution in [0.5, 0.6) is 0 Å². The van der Waals surface area contributed by atoms with E-state index in [1.807, 2.05) is 30.3 Å². The van der Waals surface area contributed by atoms with Gasteiger partial charge in [0.15, 0.2) is 0 Å². The summed E-state index contributed by atoms with van der Waals surface area (Å²) < 4.78 is 10.5. The van der Waals surface area contributed by atoms with Crippen molar-refractivity contribution >= 4 is 34.2 Å². The second-order valence-corrected chi connectivity index (χ2v) is 7.26. The van der Waals surface area contributed by atoms with Gasteiger partial charge in [-0.25, -0.2) is 9.59 Å². The minimum Gasteiger partial charge on any atom is -0.462 e. The van der Waals surface area contributed by atoms with Gasteiger partial charge in [-0.3, -0.25) is 9.78 Å². The van der Waals surface area contributed by atoms with E-state index in [4.69, 9.17) is 9.47 Å². The quantitative estimate of drug-likeness (QED) is 0.570. The first-order valence-electron chi connectivity index (χ1n) is 9.24. The Morgan fingerprint density at radius 3 is 2.47 bits per heavy atom. The van der Waals surface area contributed by atoms with Gasteiger partial charge in [-0.1, -0.05) is 30.3 Å². The Hall–Kier alpha value is -3.52. The van der Waals surface area contributed by atoms with E-state index < -0.39 is 17.8 Å². The van der Waals surface area contributed by atoms with Gasteiger partial charge in [0.2, 0.25) is 0 Å². The molecule has 0 atom stereocenters. The number of amides is 1. The molecule has 1 N–H and O–H groups in total. The number of hydrogen-bond acceptors (Lipinski definition) is 7. The zero-order valence-electron chi connectivity index (χ0n) is 16.5. The third kappa shape index (κ3) is 4.90. The molecular weight excluding hydrogens is 404 g/mol. The number of aromatic nitrogens is 1. The summed E-state index contributed by atoms with van der Waals surface area (Å²) in [6, 6.07) is 12.5. The molecule has 1 aromatic carbocycles. The summed E-state index contributed by atoms with van der Waals surface area (Å²) in [6.45, 7) is 3.57. The van der Waals surface area contributed by atoms with Crippen LogP contribution in [0.4, 0.5) is 5.00 Å². The van der Waals surface area contributed by atoms with Crippen LogP contribution in [0, 0.1) is 6.92 Å². The van der Waals surface area contributed by atoms with E-state index in [0.29, 0.717) is 11.1 Å². The van der Waals surface area contributed by atoms with Crippen molar-refractivity contribution in [3.8, 4) is 0 Å². The highest BCUT2D eigenvalue weighted by Crippen LogP contribution is 2.34. The Kier molecular flexibility index (Phi) is 6.92. The summed E-state index contributed by atoms with van der Waals surface area (Å²) in [6.07, 6.45) is 2.96. The van der Waals surface area contributed by atoms with E-state index in [9.17, 15) is 14.4 Å². The van der Waals surface area contributed by atoms with Gasteiger partial charge in [0.25, 0.3) is 5.91 Å². The second kappa shape index (κ2) is 9.80. The number of carbonyl (C=O) groups excluding carboxylic acids is 3. The van der Waals surface area contributed by atoms with Gasteiger partial charge < -0.3 is 14.8 Å². The lowest BCUT2D eigenvalue weighted by atomic mass is 10.1. The van der Waals surface area contributed by atoms with Gasteiger partial charge in [-0.15, -0.1) is 11.3 Å². The zero-order valence-corrected chi connectivity index (χ0v) is 17.3. The minimum atomic E-state index is -0.616. The van der Waals surface area contributed by atoms with Crippen LogP contribution in [-0.4, -0.2) is 29.4 Å². The van der Waals surface area contributed by atoms with E-state index in [0.717, 1.165) is 16.9 Å². The molecule has 8 heteroatoms. The summed E-state index contributed by atoms with van der Waals surface area (Å²) in [4.78, 5) is 41.8. The molecule has 2 aromatic heterocycles. The Morgan fingerprint density at radius 2 is 1.80 bits per heavy atom. The molecule has 0 aliphatic heterocycles. The molecule has 30 heavy (non-hydrogen) atoms. The third-order valence-corrected chi connectivity index (χ3v) is 5.36. The molecule has 2 heterocycles. The van der Waals surface area contributed by atoms with Crippen LogP contribution in [0.3, 0.4) is 0 Å². The number of benzene rings is 1. The molecule has 0 aliphatic carbocycles. The SMILES string of the molecule is CCOC(=O)c1c(NC(=O)c2cccnc2)sc(C(=O)OCc2ccccc2)c1C. The standard InChI is InChI=1S/C22H20N2O5S/c1-3-28-21(26)17-14(2)18(22(27)29-13-15-8-5-4-6-9-15)30-20(17)24-19(25)16-10-7-11-23-12-16/h4-12H,3,13H2,1-2H3,(H,24,25). The molecule has 0 bridgehead atoms. The summed E-state index contributed by atoms with van der Waals surface area (Å²) in [7, 11) is 0. The number of anilines is 1. The van der Waals surface area contributed by atoms with E-state index in [1.165, 1.54) is 6.20 Å². The third-order valence-electron chi connectivity index (χ3n) is 4.18. The summed E-state index contributed by atoms with van der Waals surface area (Å²) in [5.74, 6) is -1.64. The summed E-state index contributed by atoms with van der Waals surface area (Å²) >= 11 is 0.979. The molecule has 0 aliphatic rings. The van der Waals surface area contributed by atoms with Crippen molar-refractivity contribution in [2.24, 2.45) is 0 Å². The Balaban J connectivity index is 1.86. The fourth-order valence-corrected chi connectivity index (χ4v) is 3.79. The number of nitrogens with zero attached hydrogens (tertiary/aromatic N) is 1. The predicted octanol–water partition coefficient (Wildman–Crippen LogP) is 4.24. The number of nitrogens with one attached hydrogen (secondary N) is 1. The molecule has 7 nitrogen and oxygen atoms in total. The van der Waals surface area contributed by atoms with Gasteiger partial charge in [0.05, 0.1) is 17.7 Å². The average molecular weight is 424 g/mol. The number of thiophene rings is 1. The van der Waals surface area contributed by atoms with Gasteiger partial charge in [-0.2, -0.15) is 0 Å². The summed E-state index contributed by atoms with van der Waals surface area (Å²) in [5, 5.41) is 2.92. The van der Waals surface area contributed by atoms with E-state index in [2.05, 4.69) is 10.3 Å². The average Bonchev–Trinajstić information content (AvgIpc) is 3.09. The maximum atomic E-state index is 12.7. The van der Waals surface area contributed by atoms with Crippen molar-refractivity contribution in [2.45, 2.75) is 20.5 Å². The normalized spacial score (nSPS) is 10.3. The van der Waals surface area contributed by atoms with Gasteiger partial charge in [0.1, 0.15) is 16.5 Å². The minimum absolute atomic E-state index is 0.100. The van der Waals surface area contributed by atoms with E-state index >= 15 is 0 Å². The van der Waals surface area contributed by atoms with Crippen LogP contribution in [0.1, 0.15) is 48.4 Å². The highest BCUT2D eigenvalue weighted by Gasteiger charge is 2.27. The molecule has 0 spiro atoms. The second-order valence-electron chi connectivity index (χ2n) is 6.24.